The number of nitrogens with one attached hydrogen (secondary N) is 1. The van der Waals surface area contributed by atoms with Gasteiger partial charge in [-0.1, -0.05) is 72.3 Å². The van der Waals surface area contributed by atoms with Crippen LogP contribution in [-0.2, 0) is 15.8 Å². The van der Waals surface area contributed by atoms with Crippen molar-refractivity contribution in [2.75, 3.05) is 0 Å². The Morgan fingerprint density at radius 2 is 1.42 bits per heavy atom. The molecule has 0 heterocycles. The van der Waals surface area contributed by atoms with E-state index in [1.165, 1.54) is 24.3 Å². The van der Waals surface area contributed by atoms with Gasteiger partial charge in [-0.2, -0.15) is 0 Å². The molecule has 0 fully saturated rings. The van der Waals surface area contributed by atoms with E-state index in [1.54, 1.807) is 0 Å². The SMILES string of the molecule is Cc1ccc(C(NS(=O)(=O)Cc2ccc(F)cc2)c2ccccc2)cc1. The highest BCUT2D eigenvalue weighted by atomic mass is 32.2. The second-order valence-electron chi connectivity index (χ2n) is 6.26. The number of hydrogen-bond acceptors (Lipinski definition) is 2. The van der Waals surface area contributed by atoms with Gasteiger partial charge in [0.25, 0.3) is 0 Å². The first-order chi connectivity index (χ1) is 12.4. The molecular formula is C21H20FNO2S. The van der Waals surface area contributed by atoms with Crippen molar-refractivity contribution in [3.8, 4) is 0 Å². The van der Waals surface area contributed by atoms with Crippen LogP contribution in [0, 0.1) is 12.7 Å². The zero-order valence-corrected chi connectivity index (χ0v) is 15.2. The fourth-order valence-corrected chi connectivity index (χ4v) is 4.10. The third kappa shape index (κ3) is 4.77. The summed E-state index contributed by atoms with van der Waals surface area (Å²) in [6.07, 6.45) is 0. The number of benzene rings is 3. The van der Waals surface area contributed by atoms with E-state index >= 15 is 0 Å². The molecular weight excluding hydrogens is 349 g/mol. The summed E-state index contributed by atoms with van der Waals surface area (Å²) in [4.78, 5) is 0. The second-order valence-corrected chi connectivity index (χ2v) is 8.01. The highest BCUT2D eigenvalue weighted by molar-refractivity contribution is 7.88. The standard InChI is InChI=1S/C21H20FNO2S/c1-16-7-11-19(12-8-16)21(18-5-3-2-4-6-18)23-26(24,25)15-17-9-13-20(22)14-10-17/h2-14,21,23H,15H2,1H3. The quantitative estimate of drug-likeness (QED) is 0.702. The number of halogens is 1. The van der Waals surface area contributed by atoms with Gasteiger partial charge in [0.15, 0.2) is 0 Å². The van der Waals surface area contributed by atoms with Crippen LogP contribution in [0.3, 0.4) is 0 Å². The molecule has 0 radical (unpaired) electrons. The first kappa shape index (κ1) is 18.3. The van der Waals surface area contributed by atoms with Crippen LogP contribution in [0.5, 0.6) is 0 Å². The molecule has 0 aromatic heterocycles. The minimum Gasteiger partial charge on any atom is -0.212 e. The average molecular weight is 369 g/mol. The van der Waals surface area contributed by atoms with Crippen LogP contribution in [0.2, 0.25) is 0 Å². The second kappa shape index (κ2) is 7.81. The van der Waals surface area contributed by atoms with Crippen LogP contribution < -0.4 is 4.72 Å². The van der Waals surface area contributed by atoms with Gasteiger partial charge in [-0.25, -0.2) is 17.5 Å². The Balaban J connectivity index is 1.89. The van der Waals surface area contributed by atoms with Gasteiger partial charge in [-0.05, 0) is 35.7 Å². The molecule has 0 saturated carbocycles. The molecule has 0 bridgehead atoms. The molecule has 0 spiro atoms. The van der Waals surface area contributed by atoms with Gasteiger partial charge in [0.2, 0.25) is 10.0 Å². The highest BCUT2D eigenvalue weighted by Gasteiger charge is 2.21. The number of sulfonamides is 1. The third-order valence-corrected chi connectivity index (χ3v) is 5.42. The first-order valence-electron chi connectivity index (χ1n) is 8.29. The predicted molar refractivity (Wildman–Crippen MR) is 102 cm³/mol. The van der Waals surface area contributed by atoms with Gasteiger partial charge in [0, 0.05) is 0 Å². The monoisotopic (exact) mass is 369 g/mol. The maximum Gasteiger partial charge on any atom is 0.216 e. The summed E-state index contributed by atoms with van der Waals surface area (Å²) in [6.45, 7) is 1.99. The largest absolute Gasteiger partial charge is 0.216 e. The summed E-state index contributed by atoms with van der Waals surface area (Å²) in [6, 6.07) is 22.2. The van der Waals surface area contributed by atoms with Gasteiger partial charge < -0.3 is 0 Å². The topological polar surface area (TPSA) is 46.2 Å². The first-order valence-corrected chi connectivity index (χ1v) is 9.94. The average Bonchev–Trinajstić information content (AvgIpc) is 2.63. The Hall–Kier alpha value is -2.50. The van der Waals surface area contributed by atoms with Gasteiger partial charge in [-0.3, -0.25) is 0 Å². The zero-order chi connectivity index (χ0) is 18.6. The highest BCUT2D eigenvalue weighted by Crippen LogP contribution is 2.24. The van der Waals surface area contributed by atoms with Crippen molar-refractivity contribution < 1.29 is 12.8 Å². The van der Waals surface area contributed by atoms with Crippen LogP contribution in [-0.4, -0.2) is 8.42 Å². The van der Waals surface area contributed by atoms with Crippen LogP contribution in [0.1, 0.15) is 28.3 Å². The minimum atomic E-state index is -3.63. The molecule has 1 N–H and O–H groups in total. The molecule has 5 heteroatoms. The van der Waals surface area contributed by atoms with E-state index in [0.717, 1.165) is 16.7 Å². The zero-order valence-electron chi connectivity index (χ0n) is 14.4. The Morgan fingerprint density at radius 3 is 2.04 bits per heavy atom. The van der Waals surface area contributed by atoms with E-state index < -0.39 is 16.1 Å². The van der Waals surface area contributed by atoms with E-state index in [1.807, 2.05) is 61.5 Å². The summed E-state index contributed by atoms with van der Waals surface area (Å²) in [5.41, 5.74) is 3.37. The summed E-state index contributed by atoms with van der Waals surface area (Å²) < 4.78 is 41.2. The van der Waals surface area contributed by atoms with Crippen LogP contribution in [0.25, 0.3) is 0 Å². The summed E-state index contributed by atoms with van der Waals surface area (Å²) >= 11 is 0. The number of hydrogen-bond donors (Lipinski definition) is 1. The van der Waals surface area contributed by atoms with E-state index in [4.69, 9.17) is 0 Å². The molecule has 0 amide bonds. The van der Waals surface area contributed by atoms with Gasteiger partial charge in [-0.15, -0.1) is 0 Å². The fourth-order valence-electron chi connectivity index (χ4n) is 2.75. The molecule has 0 aliphatic rings. The van der Waals surface area contributed by atoms with E-state index in [9.17, 15) is 12.8 Å². The van der Waals surface area contributed by atoms with Crippen LogP contribution in [0.15, 0.2) is 78.9 Å². The van der Waals surface area contributed by atoms with Crippen molar-refractivity contribution in [1.82, 2.24) is 4.72 Å². The molecule has 3 aromatic carbocycles. The Bertz CT molecular complexity index is 953. The number of aryl methyl sites for hydroxylation is 1. The smallest absolute Gasteiger partial charge is 0.212 e. The van der Waals surface area contributed by atoms with Crippen molar-refractivity contribution in [3.63, 3.8) is 0 Å². The third-order valence-electron chi connectivity index (χ3n) is 4.11. The van der Waals surface area contributed by atoms with E-state index in [0.29, 0.717) is 5.56 Å². The Kier molecular flexibility index (Phi) is 5.49. The summed E-state index contributed by atoms with van der Waals surface area (Å²) in [7, 11) is -3.63. The van der Waals surface area contributed by atoms with Crippen molar-refractivity contribution in [2.24, 2.45) is 0 Å². The van der Waals surface area contributed by atoms with Crippen LogP contribution in [0.4, 0.5) is 4.39 Å². The molecule has 134 valence electrons. The molecule has 3 rings (SSSR count). The molecule has 3 aromatic rings. The Morgan fingerprint density at radius 1 is 0.846 bits per heavy atom. The molecule has 0 aliphatic carbocycles. The summed E-state index contributed by atoms with van der Waals surface area (Å²) in [5.74, 6) is -0.594. The normalized spacial score (nSPS) is 12.7. The van der Waals surface area contributed by atoms with E-state index in [-0.39, 0.29) is 11.6 Å². The van der Waals surface area contributed by atoms with Gasteiger partial charge in [0.05, 0.1) is 11.8 Å². The van der Waals surface area contributed by atoms with Gasteiger partial charge in [0.1, 0.15) is 5.82 Å². The van der Waals surface area contributed by atoms with Crippen molar-refractivity contribution in [2.45, 2.75) is 18.7 Å². The molecule has 0 saturated heterocycles. The molecule has 0 aliphatic heterocycles. The minimum absolute atomic E-state index is 0.206. The molecule has 3 nitrogen and oxygen atoms in total. The lowest BCUT2D eigenvalue weighted by Gasteiger charge is -2.20. The molecule has 26 heavy (non-hydrogen) atoms. The van der Waals surface area contributed by atoms with Gasteiger partial charge >= 0.3 is 0 Å². The number of rotatable bonds is 6. The lowest BCUT2D eigenvalue weighted by atomic mass is 9.99. The fraction of sp³-hybridized carbons (Fsp3) is 0.143. The van der Waals surface area contributed by atoms with Crippen molar-refractivity contribution in [1.29, 1.82) is 0 Å². The molecule has 1 unspecified atom stereocenters. The Labute approximate surface area is 153 Å². The van der Waals surface area contributed by atoms with Crippen LogP contribution >= 0.6 is 0 Å². The summed E-state index contributed by atoms with van der Waals surface area (Å²) in [5, 5.41) is 0. The maximum absolute atomic E-state index is 13.0. The molecule has 1 atom stereocenters. The van der Waals surface area contributed by atoms with Crippen molar-refractivity contribution in [3.05, 3.63) is 107 Å². The van der Waals surface area contributed by atoms with E-state index in [2.05, 4.69) is 4.72 Å². The predicted octanol–water partition coefficient (Wildman–Crippen LogP) is 4.34. The lowest BCUT2D eigenvalue weighted by Crippen LogP contribution is -2.30. The lowest BCUT2D eigenvalue weighted by molar-refractivity contribution is 0.571. The maximum atomic E-state index is 13.0. The van der Waals surface area contributed by atoms with Crippen molar-refractivity contribution >= 4 is 10.0 Å².